The van der Waals surface area contributed by atoms with Gasteiger partial charge in [0.2, 0.25) is 10.0 Å². The first-order chi connectivity index (χ1) is 8.94. The largest absolute Gasteiger partial charge is 0.284 e. The molecular formula is C13H14N2O2S2. The SMILES string of the molecule is Cc1ccc(NS(C)(=O)=O)cc1N=Cc1cccs1. The fourth-order valence-corrected chi connectivity index (χ4v) is 2.66. The predicted molar refractivity (Wildman–Crippen MR) is 81.2 cm³/mol. The maximum atomic E-state index is 11.2. The van der Waals surface area contributed by atoms with Gasteiger partial charge < -0.3 is 0 Å². The van der Waals surface area contributed by atoms with Gasteiger partial charge in [0.05, 0.1) is 17.6 Å². The molecule has 1 aromatic carbocycles. The smallest absolute Gasteiger partial charge is 0.229 e. The third-order valence-corrected chi connectivity index (χ3v) is 3.80. The molecule has 2 rings (SSSR count). The summed E-state index contributed by atoms with van der Waals surface area (Å²) in [5.41, 5.74) is 2.26. The summed E-state index contributed by atoms with van der Waals surface area (Å²) in [6, 6.07) is 9.22. The van der Waals surface area contributed by atoms with Crippen LogP contribution in [0.3, 0.4) is 0 Å². The molecule has 0 aliphatic carbocycles. The zero-order valence-corrected chi connectivity index (χ0v) is 12.3. The summed E-state index contributed by atoms with van der Waals surface area (Å²) in [6.07, 6.45) is 2.90. The predicted octanol–water partition coefficient (Wildman–Crippen LogP) is 3.18. The van der Waals surface area contributed by atoms with Gasteiger partial charge in [-0.1, -0.05) is 12.1 Å². The second kappa shape index (κ2) is 5.54. The van der Waals surface area contributed by atoms with Gasteiger partial charge in [-0.2, -0.15) is 0 Å². The summed E-state index contributed by atoms with van der Waals surface area (Å²) in [6.45, 7) is 1.94. The van der Waals surface area contributed by atoms with E-state index in [2.05, 4.69) is 9.71 Å². The van der Waals surface area contributed by atoms with Crippen molar-refractivity contribution in [3.05, 3.63) is 46.2 Å². The number of thiophene rings is 1. The van der Waals surface area contributed by atoms with Crippen molar-refractivity contribution in [3.8, 4) is 0 Å². The third kappa shape index (κ3) is 4.18. The van der Waals surface area contributed by atoms with E-state index in [-0.39, 0.29) is 0 Å². The van der Waals surface area contributed by atoms with Crippen LogP contribution in [0, 0.1) is 6.92 Å². The van der Waals surface area contributed by atoms with E-state index in [1.807, 2.05) is 30.5 Å². The molecular weight excluding hydrogens is 280 g/mol. The van der Waals surface area contributed by atoms with E-state index >= 15 is 0 Å². The molecule has 0 saturated heterocycles. The molecule has 0 unspecified atom stereocenters. The molecule has 1 N–H and O–H groups in total. The summed E-state index contributed by atoms with van der Waals surface area (Å²) in [5, 5.41) is 1.98. The number of nitrogens with one attached hydrogen (secondary N) is 1. The van der Waals surface area contributed by atoms with Crippen LogP contribution in [0.25, 0.3) is 0 Å². The molecule has 0 saturated carbocycles. The molecule has 19 heavy (non-hydrogen) atoms. The lowest BCUT2D eigenvalue weighted by molar-refractivity contribution is 0.607. The molecule has 0 amide bonds. The van der Waals surface area contributed by atoms with E-state index in [0.717, 1.165) is 22.4 Å². The minimum absolute atomic E-state index is 0.520. The number of hydrogen-bond acceptors (Lipinski definition) is 4. The first kappa shape index (κ1) is 13.8. The van der Waals surface area contributed by atoms with Crippen LogP contribution in [-0.2, 0) is 10.0 Å². The van der Waals surface area contributed by atoms with E-state index in [4.69, 9.17) is 0 Å². The highest BCUT2D eigenvalue weighted by atomic mass is 32.2. The maximum absolute atomic E-state index is 11.2. The van der Waals surface area contributed by atoms with Crippen molar-refractivity contribution in [3.63, 3.8) is 0 Å². The van der Waals surface area contributed by atoms with Crippen LogP contribution in [0.15, 0.2) is 40.7 Å². The van der Waals surface area contributed by atoms with Crippen molar-refractivity contribution >= 4 is 38.9 Å². The molecule has 0 aliphatic rings. The number of aliphatic imine (C=N–C) groups is 1. The van der Waals surface area contributed by atoms with E-state index in [0.29, 0.717) is 5.69 Å². The van der Waals surface area contributed by atoms with Crippen LogP contribution in [-0.4, -0.2) is 20.9 Å². The van der Waals surface area contributed by atoms with E-state index < -0.39 is 10.0 Å². The second-order valence-electron chi connectivity index (χ2n) is 4.15. The average molecular weight is 294 g/mol. The van der Waals surface area contributed by atoms with Crippen LogP contribution in [0.2, 0.25) is 0 Å². The Hall–Kier alpha value is -1.66. The molecule has 1 heterocycles. The molecule has 0 aliphatic heterocycles. The number of anilines is 1. The van der Waals surface area contributed by atoms with E-state index in [9.17, 15) is 8.42 Å². The normalized spacial score (nSPS) is 11.9. The van der Waals surface area contributed by atoms with Crippen molar-refractivity contribution in [2.45, 2.75) is 6.92 Å². The summed E-state index contributed by atoms with van der Waals surface area (Å²) in [7, 11) is -3.26. The highest BCUT2D eigenvalue weighted by Gasteiger charge is 2.04. The molecule has 100 valence electrons. The zero-order valence-electron chi connectivity index (χ0n) is 10.6. The fourth-order valence-electron chi connectivity index (χ4n) is 1.52. The van der Waals surface area contributed by atoms with Crippen LogP contribution >= 0.6 is 11.3 Å². The Morgan fingerprint density at radius 3 is 2.74 bits per heavy atom. The average Bonchev–Trinajstić information content (AvgIpc) is 2.81. The fraction of sp³-hybridized carbons (Fsp3) is 0.154. The topological polar surface area (TPSA) is 58.5 Å². The lowest BCUT2D eigenvalue weighted by atomic mass is 10.2. The van der Waals surface area contributed by atoms with Gasteiger partial charge in [-0.25, -0.2) is 8.42 Å². The summed E-state index contributed by atoms with van der Waals surface area (Å²) >= 11 is 1.60. The Morgan fingerprint density at radius 1 is 1.32 bits per heavy atom. The Labute approximate surface area is 116 Å². The van der Waals surface area contributed by atoms with Gasteiger partial charge in [-0.15, -0.1) is 11.3 Å². The van der Waals surface area contributed by atoms with Gasteiger partial charge in [-0.05, 0) is 36.1 Å². The van der Waals surface area contributed by atoms with Crippen molar-refractivity contribution in [2.24, 2.45) is 4.99 Å². The Kier molecular flexibility index (Phi) is 4.01. The van der Waals surface area contributed by atoms with Gasteiger partial charge in [0.25, 0.3) is 0 Å². The molecule has 4 nitrogen and oxygen atoms in total. The Balaban J connectivity index is 2.27. The number of nitrogens with zero attached hydrogens (tertiary/aromatic N) is 1. The molecule has 0 bridgehead atoms. The molecule has 2 aromatic rings. The number of benzene rings is 1. The highest BCUT2D eigenvalue weighted by Crippen LogP contribution is 2.24. The number of hydrogen-bond donors (Lipinski definition) is 1. The van der Waals surface area contributed by atoms with Crippen LogP contribution in [0.5, 0.6) is 0 Å². The van der Waals surface area contributed by atoms with Gasteiger partial charge in [0.1, 0.15) is 0 Å². The molecule has 1 aromatic heterocycles. The monoisotopic (exact) mass is 294 g/mol. The van der Waals surface area contributed by atoms with E-state index in [1.165, 1.54) is 0 Å². The Bertz CT molecular complexity index is 689. The standard InChI is InChI=1S/C13H14N2O2S2/c1-10-5-6-11(15-19(2,16)17)8-13(10)14-9-12-4-3-7-18-12/h3-9,15H,1-2H3. The van der Waals surface area contributed by atoms with Gasteiger partial charge in [0.15, 0.2) is 0 Å². The minimum Gasteiger partial charge on any atom is -0.284 e. The van der Waals surface area contributed by atoms with Gasteiger partial charge >= 0.3 is 0 Å². The quantitative estimate of drug-likeness (QED) is 0.880. The number of aryl methyl sites for hydroxylation is 1. The van der Waals surface area contributed by atoms with Crippen molar-refractivity contribution in [1.82, 2.24) is 0 Å². The number of rotatable bonds is 4. The maximum Gasteiger partial charge on any atom is 0.229 e. The molecule has 0 fully saturated rings. The third-order valence-electron chi connectivity index (χ3n) is 2.39. The lowest BCUT2D eigenvalue weighted by Crippen LogP contribution is -2.09. The first-order valence-electron chi connectivity index (χ1n) is 5.60. The van der Waals surface area contributed by atoms with Crippen molar-refractivity contribution < 1.29 is 8.42 Å². The summed E-state index contributed by atoms with van der Waals surface area (Å²) in [5.74, 6) is 0. The van der Waals surface area contributed by atoms with Crippen LogP contribution in [0.4, 0.5) is 11.4 Å². The first-order valence-corrected chi connectivity index (χ1v) is 8.37. The van der Waals surface area contributed by atoms with E-state index in [1.54, 1.807) is 29.7 Å². The number of sulfonamides is 1. The second-order valence-corrected chi connectivity index (χ2v) is 6.88. The molecule has 0 atom stereocenters. The molecule has 0 spiro atoms. The van der Waals surface area contributed by atoms with Crippen molar-refractivity contribution in [1.29, 1.82) is 0 Å². The molecule has 0 radical (unpaired) electrons. The Morgan fingerprint density at radius 2 is 2.11 bits per heavy atom. The minimum atomic E-state index is -3.26. The summed E-state index contributed by atoms with van der Waals surface area (Å²) < 4.78 is 24.8. The van der Waals surface area contributed by atoms with Crippen LogP contribution < -0.4 is 4.72 Å². The lowest BCUT2D eigenvalue weighted by Gasteiger charge is -2.06. The molecule has 6 heteroatoms. The highest BCUT2D eigenvalue weighted by molar-refractivity contribution is 7.92. The van der Waals surface area contributed by atoms with Crippen molar-refractivity contribution in [2.75, 3.05) is 11.0 Å². The van der Waals surface area contributed by atoms with Crippen LogP contribution in [0.1, 0.15) is 10.4 Å². The summed E-state index contributed by atoms with van der Waals surface area (Å²) in [4.78, 5) is 5.45. The van der Waals surface area contributed by atoms with Gasteiger partial charge in [0, 0.05) is 11.1 Å². The zero-order chi connectivity index (χ0) is 13.9. The van der Waals surface area contributed by atoms with Gasteiger partial charge in [-0.3, -0.25) is 9.71 Å².